The van der Waals surface area contributed by atoms with E-state index in [0.29, 0.717) is 6.42 Å². The molecule has 0 fully saturated rings. The van der Waals surface area contributed by atoms with Gasteiger partial charge in [-0.2, -0.15) is 5.26 Å². The second kappa shape index (κ2) is 7.87. The van der Waals surface area contributed by atoms with Gasteiger partial charge in [0.2, 0.25) is 0 Å². The molecule has 2 nitrogen and oxygen atoms in total. The first-order valence-corrected chi connectivity index (χ1v) is 5.29. The van der Waals surface area contributed by atoms with Crippen molar-refractivity contribution in [3.05, 3.63) is 36.7 Å². The summed E-state index contributed by atoms with van der Waals surface area (Å²) in [5, 5.41) is 8.50. The van der Waals surface area contributed by atoms with Crippen molar-refractivity contribution in [3.63, 3.8) is 0 Å². The zero-order chi connectivity index (χ0) is 11.7. The Labute approximate surface area is 93.2 Å². The summed E-state index contributed by atoms with van der Waals surface area (Å²) in [5.74, 6) is 0. The maximum Gasteiger partial charge on any atom is 0.0622 e. The number of allylic oxidation sites excluding steroid dienone is 4. The Morgan fingerprint density at radius 1 is 1.53 bits per heavy atom. The fourth-order valence-corrected chi connectivity index (χ4v) is 1.35. The molecule has 0 aromatic rings. The second-order valence-corrected chi connectivity index (χ2v) is 3.38. The molecule has 0 rings (SSSR count). The fourth-order valence-electron chi connectivity index (χ4n) is 1.35. The zero-order valence-corrected chi connectivity index (χ0v) is 9.79. The summed E-state index contributed by atoms with van der Waals surface area (Å²) in [4.78, 5) is 2.15. The van der Waals surface area contributed by atoms with Gasteiger partial charge in [-0.3, -0.25) is 0 Å². The van der Waals surface area contributed by atoms with Crippen LogP contribution in [-0.4, -0.2) is 11.4 Å². The summed E-state index contributed by atoms with van der Waals surface area (Å²) in [6, 6.07) is 2.15. The Kier molecular flexibility index (Phi) is 7.09. The number of hydrogen-bond acceptors (Lipinski definition) is 2. The van der Waals surface area contributed by atoms with Crippen molar-refractivity contribution < 1.29 is 0 Å². The zero-order valence-electron chi connectivity index (χ0n) is 9.79. The Morgan fingerprint density at radius 3 is 2.67 bits per heavy atom. The number of unbranched alkanes of at least 4 members (excludes halogenated alkanes) is 1. The molecule has 0 aromatic heterocycles. The van der Waals surface area contributed by atoms with Crippen LogP contribution in [0.25, 0.3) is 0 Å². The minimum absolute atomic E-state index is 0.592. The predicted octanol–water partition coefficient (Wildman–Crippen LogP) is 3.61. The fraction of sp³-hybridized carbons (Fsp3) is 0.462. The van der Waals surface area contributed by atoms with Crippen LogP contribution < -0.4 is 0 Å². The van der Waals surface area contributed by atoms with Crippen LogP contribution in [0.3, 0.4) is 0 Å². The SMILES string of the molecule is C=C/C=C(\C)N(CCCC#N)C(=C)CC. The molecule has 0 saturated carbocycles. The van der Waals surface area contributed by atoms with Gasteiger partial charge in [-0.05, 0) is 25.8 Å². The lowest BCUT2D eigenvalue weighted by molar-refractivity contribution is 0.410. The van der Waals surface area contributed by atoms with Crippen LogP contribution in [0.5, 0.6) is 0 Å². The number of nitriles is 1. The van der Waals surface area contributed by atoms with Gasteiger partial charge in [0.15, 0.2) is 0 Å². The molecule has 0 bridgehead atoms. The van der Waals surface area contributed by atoms with Gasteiger partial charge in [0.05, 0.1) is 6.07 Å². The van der Waals surface area contributed by atoms with E-state index in [4.69, 9.17) is 5.26 Å². The molecule has 0 spiro atoms. The molecule has 0 unspecified atom stereocenters. The molecule has 0 amide bonds. The Morgan fingerprint density at radius 2 is 2.20 bits per heavy atom. The molecule has 0 atom stereocenters. The summed E-state index contributed by atoms with van der Waals surface area (Å²) >= 11 is 0. The molecule has 0 aliphatic rings. The summed E-state index contributed by atoms with van der Waals surface area (Å²) < 4.78 is 0. The summed E-state index contributed by atoms with van der Waals surface area (Å²) in [5.41, 5.74) is 2.22. The number of nitrogens with zero attached hydrogens (tertiary/aromatic N) is 2. The molecular weight excluding hydrogens is 184 g/mol. The van der Waals surface area contributed by atoms with Crippen LogP contribution in [0.2, 0.25) is 0 Å². The van der Waals surface area contributed by atoms with Crippen LogP contribution >= 0.6 is 0 Å². The lowest BCUT2D eigenvalue weighted by atomic mass is 10.2. The Bertz CT molecular complexity index is 281. The molecule has 2 heteroatoms. The predicted molar refractivity (Wildman–Crippen MR) is 64.9 cm³/mol. The van der Waals surface area contributed by atoms with Crippen molar-refractivity contribution in [2.24, 2.45) is 0 Å². The average Bonchev–Trinajstić information content (AvgIpc) is 2.23. The maximum atomic E-state index is 8.50. The van der Waals surface area contributed by atoms with E-state index in [1.807, 2.05) is 13.0 Å². The molecule has 0 aliphatic heterocycles. The van der Waals surface area contributed by atoms with Crippen molar-refractivity contribution in [1.82, 2.24) is 4.90 Å². The van der Waals surface area contributed by atoms with Crippen molar-refractivity contribution in [2.45, 2.75) is 33.1 Å². The van der Waals surface area contributed by atoms with E-state index in [-0.39, 0.29) is 0 Å². The first-order chi connectivity index (χ1) is 7.17. The average molecular weight is 204 g/mol. The molecule has 0 aliphatic carbocycles. The minimum Gasteiger partial charge on any atom is -0.349 e. The smallest absolute Gasteiger partial charge is 0.0622 e. The van der Waals surface area contributed by atoms with Gasteiger partial charge < -0.3 is 4.90 Å². The van der Waals surface area contributed by atoms with Gasteiger partial charge in [-0.25, -0.2) is 0 Å². The van der Waals surface area contributed by atoms with E-state index < -0.39 is 0 Å². The van der Waals surface area contributed by atoms with Crippen molar-refractivity contribution >= 4 is 0 Å². The van der Waals surface area contributed by atoms with Crippen molar-refractivity contribution in [3.8, 4) is 6.07 Å². The van der Waals surface area contributed by atoms with E-state index in [2.05, 4.69) is 31.1 Å². The quantitative estimate of drug-likeness (QED) is 0.468. The highest BCUT2D eigenvalue weighted by atomic mass is 15.1. The minimum atomic E-state index is 0.592. The molecule has 15 heavy (non-hydrogen) atoms. The third-order valence-electron chi connectivity index (χ3n) is 2.24. The molecule has 0 heterocycles. The maximum absolute atomic E-state index is 8.50. The Hall–Kier alpha value is -1.49. The highest BCUT2D eigenvalue weighted by molar-refractivity contribution is 5.13. The van der Waals surface area contributed by atoms with Gasteiger partial charge >= 0.3 is 0 Å². The molecule has 0 radical (unpaired) electrons. The van der Waals surface area contributed by atoms with Gasteiger partial charge in [-0.1, -0.05) is 26.2 Å². The van der Waals surface area contributed by atoms with Crippen LogP contribution in [0.1, 0.15) is 33.1 Å². The normalized spacial score (nSPS) is 10.6. The molecule has 0 aromatic carbocycles. The van der Waals surface area contributed by atoms with E-state index in [9.17, 15) is 0 Å². The summed E-state index contributed by atoms with van der Waals surface area (Å²) in [6.07, 6.45) is 6.13. The van der Waals surface area contributed by atoms with E-state index in [1.165, 1.54) is 0 Å². The molecular formula is C13H20N2. The van der Waals surface area contributed by atoms with Crippen LogP contribution in [0.15, 0.2) is 36.7 Å². The van der Waals surface area contributed by atoms with Crippen molar-refractivity contribution in [2.75, 3.05) is 6.54 Å². The topological polar surface area (TPSA) is 27.0 Å². The third-order valence-corrected chi connectivity index (χ3v) is 2.24. The lowest BCUT2D eigenvalue weighted by Crippen LogP contribution is -2.21. The second-order valence-electron chi connectivity index (χ2n) is 3.38. The molecule has 0 N–H and O–H groups in total. The third kappa shape index (κ3) is 5.07. The lowest BCUT2D eigenvalue weighted by Gasteiger charge is -2.26. The monoisotopic (exact) mass is 204 g/mol. The molecule has 0 saturated heterocycles. The van der Waals surface area contributed by atoms with E-state index >= 15 is 0 Å². The van der Waals surface area contributed by atoms with Gasteiger partial charge in [0.25, 0.3) is 0 Å². The Balaban J connectivity index is 4.45. The largest absolute Gasteiger partial charge is 0.349 e. The van der Waals surface area contributed by atoms with E-state index in [1.54, 1.807) is 6.08 Å². The van der Waals surface area contributed by atoms with Gasteiger partial charge in [-0.15, -0.1) is 0 Å². The summed E-state index contributed by atoms with van der Waals surface area (Å²) in [6.45, 7) is 12.7. The van der Waals surface area contributed by atoms with E-state index in [0.717, 1.165) is 30.8 Å². The van der Waals surface area contributed by atoms with Crippen LogP contribution in [0.4, 0.5) is 0 Å². The first kappa shape index (κ1) is 13.5. The summed E-state index contributed by atoms with van der Waals surface area (Å²) in [7, 11) is 0. The number of hydrogen-bond donors (Lipinski definition) is 0. The standard InChI is InChI=1S/C13H20N2/c1-5-9-13(4)15(12(3)6-2)11-8-7-10-14/h5,9H,1,3,6-8,11H2,2,4H3/b13-9+. The first-order valence-electron chi connectivity index (χ1n) is 5.29. The van der Waals surface area contributed by atoms with Gasteiger partial charge in [0, 0.05) is 24.4 Å². The highest BCUT2D eigenvalue weighted by Crippen LogP contribution is 2.15. The van der Waals surface area contributed by atoms with Crippen LogP contribution in [-0.2, 0) is 0 Å². The van der Waals surface area contributed by atoms with Gasteiger partial charge in [0.1, 0.15) is 0 Å². The highest BCUT2D eigenvalue weighted by Gasteiger charge is 2.06. The number of rotatable bonds is 7. The molecule has 82 valence electrons. The van der Waals surface area contributed by atoms with Crippen LogP contribution in [0, 0.1) is 11.3 Å². The van der Waals surface area contributed by atoms with Crippen molar-refractivity contribution in [1.29, 1.82) is 5.26 Å².